The standard InChI is InChI=1S/C10H16Cl3NO3/c1-6(2)4-8(5-17-7(3)15)14-9(16)10(11,12)13/h6,8H,4-5H2,1-3H3,(H,14,16). The summed E-state index contributed by atoms with van der Waals surface area (Å²) in [4.78, 5) is 22.2. The smallest absolute Gasteiger partial charge is 0.302 e. The Morgan fingerprint density at radius 1 is 1.29 bits per heavy atom. The van der Waals surface area contributed by atoms with E-state index >= 15 is 0 Å². The number of esters is 1. The topological polar surface area (TPSA) is 55.4 Å². The van der Waals surface area contributed by atoms with Gasteiger partial charge in [0.2, 0.25) is 0 Å². The van der Waals surface area contributed by atoms with Crippen LogP contribution in [0.15, 0.2) is 0 Å². The number of amides is 1. The van der Waals surface area contributed by atoms with E-state index in [0.717, 1.165) is 0 Å². The summed E-state index contributed by atoms with van der Waals surface area (Å²) < 4.78 is 2.83. The Balaban J connectivity index is 4.38. The van der Waals surface area contributed by atoms with Crippen molar-refractivity contribution in [1.82, 2.24) is 5.32 Å². The highest BCUT2D eigenvalue weighted by Crippen LogP contribution is 2.26. The lowest BCUT2D eigenvalue weighted by Crippen LogP contribution is -2.44. The number of nitrogens with one attached hydrogen (secondary N) is 1. The SMILES string of the molecule is CC(=O)OCC(CC(C)C)NC(=O)C(Cl)(Cl)Cl. The van der Waals surface area contributed by atoms with Gasteiger partial charge in [0.25, 0.3) is 9.70 Å². The number of carbonyl (C=O) groups is 2. The molecule has 0 saturated carbocycles. The molecule has 0 rings (SSSR count). The van der Waals surface area contributed by atoms with Gasteiger partial charge < -0.3 is 10.1 Å². The third-order valence-corrected chi connectivity index (χ3v) is 2.35. The van der Waals surface area contributed by atoms with E-state index < -0.39 is 15.7 Å². The summed E-state index contributed by atoms with van der Waals surface area (Å²) in [6.45, 7) is 5.31. The third-order valence-electron chi connectivity index (χ3n) is 1.84. The second kappa shape index (κ2) is 7.29. The van der Waals surface area contributed by atoms with Crippen molar-refractivity contribution >= 4 is 46.7 Å². The van der Waals surface area contributed by atoms with Crippen LogP contribution in [-0.4, -0.2) is 28.3 Å². The zero-order valence-electron chi connectivity index (χ0n) is 9.93. The van der Waals surface area contributed by atoms with Gasteiger partial charge >= 0.3 is 5.97 Å². The quantitative estimate of drug-likeness (QED) is 0.627. The molecule has 1 unspecified atom stereocenters. The van der Waals surface area contributed by atoms with E-state index in [1.54, 1.807) is 0 Å². The molecule has 0 fully saturated rings. The normalized spacial score (nSPS) is 13.4. The molecule has 0 aromatic carbocycles. The van der Waals surface area contributed by atoms with E-state index in [1.165, 1.54) is 6.92 Å². The fourth-order valence-electron chi connectivity index (χ4n) is 1.22. The van der Waals surface area contributed by atoms with Crippen LogP contribution < -0.4 is 5.32 Å². The number of halogens is 3. The summed E-state index contributed by atoms with van der Waals surface area (Å²) in [6.07, 6.45) is 0.625. The molecular formula is C10H16Cl3NO3. The molecule has 0 heterocycles. The molecular weight excluding hydrogens is 288 g/mol. The van der Waals surface area contributed by atoms with Crippen LogP contribution in [0.25, 0.3) is 0 Å². The maximum atomic E-state index is 11.5. The number of carbonyl (C=O) groups excluding carboxylic acids is 2. The van der Waals surface area contributed by atoms with Crippen LogP contribution in [-0.2, 0) is 14.3 Å². The highest BCUT2D eigenvalue weighted by atomic mass is 35.6. The fourth-order valence-corrected chi connectivity index (χ4v) is 1.39. The average molecular weight is 305 g/mol. The van der Waals surface area contributed by atoms with E-state index in [0.29, 0.717) is 12.3 Å². The predicted molar refractivity (Wildman–Crippen MR) is 68.3 cm³/mol. The van der Waals surface area contributed by atoms with Crippen LogP contribution in [0.5, 0.6) is 0 Å². The van der Waals surface area contributed by atoms with E-state index in [-0.39, 0.29) is 12.6 Å². The molecule has 0 radical (unpaired) electrons. The second-order valence-electron chi connectivity index (χ2n) is 4.10. The lowest BCUT2D eigenvalue weighted by molar-refractivity contribution is -0.142. The molecule has 0 aliphatic rings. The van der Waals surface area contributed by atoms with Crippen molar-refractivity contribution in [3.05, 3.63) is 0 Å². The summed E-state index contributed by atoms with van der Waals surface area (Å²) in [7, 11) is 0. The molecule has 1 atom stereocenters. The minimum absolute atomic E-state index is 0.0694. The molecule has 7 heteroatoms. The van der Waals surface area contributed by atoms with Gasteiger partial charge in [0.05, 0.1) is 6.04 Å². The lowest BCUT2D eigenvalue weighted by Gasteiger charge is -2.22. The number of ether oxygens (including phenoxy) is 1. The van der Waals surface area contributed by atoms with E-state index in [2.05, 4.69) is 5.32 Å². The van der Waals surface area contributed by atoms with Gasteiger partial charge in [-0.15, -0.1) is 0 Å². The van der Waals surface area contributed by atoms with Crippen LogP contribution >= 0.6 is 34.8 Å². The summed E-state index contributed by atoms with van der Waals surface area (Å²) in [5.41, 5.74) is 0. The fraction of sp³-hybridized carbons (Fsp3) is 0.800. The van der Waals surface area contributed by atoms with Gasteiger partial charge in [0.1, 0.15) is 6.61 Å². The van der Waals surface area contributed by atoms with Crippen LogP contribution in [0.4, 0.5) is 0 Å². The van der Waals surface area contributed by atoms with Gasteiger partial charge in [-0.1, -0.05) is 48.7 Å². The maximum absolute atomic E-state index is 11.5. The lowest BCUT2D eigenvalue weighted by atomic mass is 10.0. The number of rotatable bonds is 5. The molecule has 0 aromatic rings. The molecule has 1 amide bonds. The Bertz CT molecular complexity index is 276. The zero-order valence-corrected chi connectivity index (χ0v) is 12.2. The van der Waals surface area contributed by atoms with Gasteiger partial charge in [-0.05, 0) is 12.3 Å². The van der Waals surface area contributed by atoms with Crippen molar-refractivity contribution in [3.8, 4) is 0 Å². The molecule has 0 aliphatic carbocycles. The van der Waals surface area contributed by atoms with Gasteiger partial charge in [-0.2, -0.15) is 0 Å². The molecule has 0 aliphatic heterocycles. The second-order valence-corrected chi connectivity index (χ2v) is 6.38. The van der Waals surface area contributed by atoms with Crippen molar-refractivity contribution in [2.24, 2.45) is 5.92 Å². The molecule has 0 spiro atoms. The van der Waals surface area contributed by atoms with E-state index in [4.69, 9.17) is 39.5 Å². The number of hydrogen-bond donors (Lipinski definition) is 1. The van der Waals surface area contributed by atoms with Crippen molar-refractivity contribution in [1.29, 1.82) is 0 Å². The molecule has 0 saturated heterocycles. The highest BCUT2D eigenvalue weighted by Gasteiger charge is 2.32. The maximum Gasteiger partial charge on any atom is 0.302 e. The minimum atomic E-state index is -2.01. The highest BCUT2D eigenvalue weighted by molar-refractivity contribution is 6.76. The first-order chi connectivity index (χ1) is 7.62. The van der Waals surface area contributed by atoms with E-state index in [1.807, 2.05) is 13.8 Å². The van der Waals surface area contributed by atoms with Gasteiger partial charge in [-0.25, -0.2) is 0 Å². The van der Waals surface area contributed by atoms with Crippen molar-refractivity contribution < 1.29 is 14.3 Å². The number of alkyl halides is 3. The molecule has 17 heavy (non-hydrogen) atoms. The minimum Gasteiger partial charge on any atom is -0.464 e. The summed E-state index contributed by atoms with van der Waals surface area (Å²) in [6, 6.07) is -0.359. The first kappa shape index (κ1) is 16.8. The first-order valence-corrected chi connectivity index (χ1v) is 6.27. The zero-order chi connectivity index (χ0) is 13.6. The van der Waals surface area contributed by atoms with Crippen LogP contribution in [0, 0.1) is 5.92 Å². The van der Waals surface area contributed by atoms with Crippen LogP contribution in [0.3, 0.4) is 0 Å². The summed E-state index contributed by atoms with van der Waals surface area (Å²) >= 11 is 16.3. The molecule has 0 aromatic heterocycles. The van der Waals surface area contributed by atoms with Crippen molar-refractivity contribution in [2.45, 2.75) is 37.0 Å². The van der Waals surface area contributed by atoms with Gasteiger partial charge in [0, 0.05) is 6.92 Å². The van der Waals surface area contributed by atoms with Crippen LogP contribution in [0.2, 0.25) is 0 Å². The Morgan fingerprint density at radius 3 is 2.18 bits per heavy atom. The molecule has 1 N–H and O–H groups in total. The Hall–Kier alpha value is -0.190. The molecule has 4 nitrogen and oxygen atoms in total. The largest absolute Gasteiger partial charge is 0.464 e. The summed E-state index contributed by atoms with van der Waals surface area (Å²) in [5, 5.41) is 2.53. The monoisotopic (exact) mass is 303 g/mol. The summed E-state index contributed by atoms with van der Waals surface area (Å²) in [5.74, 6) is -0.826. The van der Waals surface area contributed by atoms with Crippen LogP contribution in [0.1, 0.15) is 27.2 Å². The number of hydrogen-bond acceptors (Lipinski definition) is 3. The Kier molecular flexibility index (Phi) is 7.21. The third kappa shape index (κ3) is 8.52. The first-order valence-electron chi connectivity index (χ1n) is 5.14. The van der Waals surface area contributed by atoms with Gasteiger partial charge in [-0.3, -0.25) is 9.59 Å². The van der Waals surface area contributed by atoms with Crippen molar-refractivity contribution in [3.63, 3.8) is 0 Å². The molecule has 100 valence electrons. The average Bonchev–Trinajstić information content (AvgIpc) is 2.11. The van der Waals surface area contributed by atoms with E-state index in [9.17, 15) is 9.59 Å². The van der Waals surface area contributed by atoms with Crippen molar-refractivity contribution in [2.75, 3.05) is 6.61 Å². The predicted octanol–water partition coefficient (Wildman–Crippen LogP) is 2.45. The molecule has 0 bridgehead atoms. The van der Waals surface area contributed by atoms with Gasteiger partial charge in [0.15, 0.2) is 0 Å². The Labute approximate surface area is 116 Å². The Morgan fingerprint density at radius 2 is 1.82 bits per heavy atom.